The van der Waals surface area contributed by atoms with E-state index >= 15 is 0 Å². The summed E-state index contributed by atoms with van der Waals surface area (Å²) in [5.41, 5.74) is 0. The van der Waals surface area contributed by atoms with Crippen molar-refractivity contribution in [1.29, 1.82) is 0 Å². The molecule has 0 N–H and O–H groups in total. The third-order valence-electron chi connectivity index (χ3n) is 4.43. The fourth-order valence-corrected chi connectivity index (χ4v) is 3.65. The van der Waals surface area contributed by atoms with Crippen LogP contribution >= 0.6 is 0 Å². The number of pyridine rings is 1. The number of piperidine rings is 1. The number of fused-ring (bicyclic) bond motifs is 1. The first kappa shape index (κ1) is 14.9. The molecule has 0 bridgehead atoms. The second-order valence-electron chi connectivity index (χ2n) is 6.38. The highest BCUT2D eigenvalue weighted by atomic mass is 16.5. The van der Waals surface area contributed by atoms with Crippen molar-refractivity contribution in [3.63, 3.8) is 0 Å². The number of hydrogen-bond donors (Lipinski definition) is 0. The summed E-state index contributed by atoms with van der Waals surface area (Å²) < 4.78 is 11.0. The Morgan fingerprint density at radius 1 is 1.00 bits per heavy atom. The maximum atomic E-state index is 5.56. The molecule has 0 spiro atoms. The summed E-state index contributed by atoms with van der Waals surface area (Å²) in [5, 5.41) is 2.18. The molecule has 0 unspecified atom stereocenters. The van der Waals surface area contributed by atoms with Crippen LogP contribution in [0.5, 0.6) is 11.5 Å². The molecular formula is C18H24N2O2. The molecule has 0 saturated carbocycles. The third kappa shape index (κ3) is 2.58. The highest BCUT2D eigenvalue weighted by Gasteiger charge is 2.24. The molecule has 4 heteroatoms. The van der Waals surface area contributed by atoms with Gasteiger partial charge in [0.2, 0.25) is 0 Å². The summed E-state index contributed by atoms with van der Waals surface area (Å²) in [6, 6.07) is 6.04. The van der Waals surface area contributed by atoms with Gasteiger partial charge in [-0.05, 0) is 36.5 Å². The van der Waals surface area contributed by atoms with E-state index in [1.54, 1.807) is 14.2 Å². The molecule has 1 fully saturated rings. The van der Waals surface area contributed by atoms with Gasteiger partial charge in [-0.2, -0.15) is 0 Å². The van der Waals surface area contributed by atoms with E-state index in [2.05, 4.69) is 29.8 Å². The first-order valence-corrected chi connectivity index (χ1v) is 7.88. The van der Waals surface area contributed by atoms with Crippen LogP contribution in [0.25, 0.3) is 10.8 Å². The van der Waals surface area contributed by atoms with Gasteiger partial charge in [0, 0.05) is 30.1 Å². The van der Waals surface area contributed by atoms with Crippen LogP contribution < -0.4 is 14.4 Å². The fourth-order valence-electron chi connectivity index (χ4n) is 3.65. The monoisotopic (exact) mass is 300 g/mol. The Balaban J connectivity index is 2.11. The van der Waals surface area contributed by atoms with Crippen LogP contribution in [0.2, 0.25) is 0 Å². The number of aromatic nitrogens is 1. The van der Waals surface area contributed by atoms with E-state index in [-0.39, 0.29) is 0 Å². The minimum absolute atomic E-state index is 0.695. The molecule has 1 aliphatic rings. The molecule has 2 heterocycles. The molecule has 0 amide bonds. The van der Waals surface area contributed by atoms with E-state index in [0.717, 1.165) is 41.2 Å². The Kier molecular flexibility index (Phi) is 4.10. The lowest BCUT2D eigenvalue weighted by atomic mass is 9.91. The van der Waals surface area contributed by atoms with Gasteiger partial charge in [0.25, 0.3) is 0 Å². The van der Waals surface area contributed by atoms with E-state index < -0.39 is 0 Å². The lowest BCUT2D eigenvalue weighted by Gasteiger charge is -2.36. The topological polar surface area (TPSA) is 34.6 Å². The molecule has 1 saturated heterocycles. The SMILES string of the molecule is COc1ccc2c(N3C[C@H](C)C[C@H](C)C3)nccc2c1OC. The zero-order valence-electron chi connectivity index (χ0n) is 13.8. The molecule has 118 valence electrons. The quantitative estimate of drug-likeness (QED) is 0.865. The minimum atomic E-state index is 0.695. The van der Waals surface area contributed by atoms with Crippen molar-refractivity contribution < 1.29 is 9.47 Å². The average Bonchev–Trinajstić information content (AvgIpc) is 2.52. The number of rotatable bonds is 3. The van der Waals surface area contributed by atoms with Crippen molar-refractivity contribution >= 4 is 16.6 Å². The molecule has 2 aromatic rings. The predicted octanol–water partition coefficient (Wildman–Crippen LogP) is 3.73. The highest BCUT2D eigenvalue weighted by Crippen LogP contribution is 2.39. The Labute approximate surface area is 132 Å². The van der Waals surface area contributed by atoms with E-state index in [1.807, 2.05) is 18.3 Å². The third-order valence-corrected chi connectivity index (χ3v) is 4.43. The highest BCUT2D eigenvalue weighted by molar-refractivity contribution is 5.98. The van der Waals surface area contributed by atoms with Gasteiger partial charge in [-0.3, -0.25) is 0 Å². The maximum Gasteiger partial charge on any atom is 0.168 e. The summed E-state index contributed by atoms with van der Waals surface area (Å²) in [6.07, 6.45) is 3.15. The van der Waals surface area contributed by atoms with Crippen molar-refractivity contribution in [2.75, 3.05) is 32.2 Å². The molecule has 1 aromatic carbocycles. The van der Waals surface area contributed by atoms with Gasteiger partial charge in [-0.1, -0.05) is 13.8 Å². The van der Waals surface area contributed by atoms with E-state index in [1.165, 1.54) is 6.42 Å². The van der Waals surface area contributed by atoms with Gasteiger partial charge in [-0.25, -0.2) is 4.98 Å². The van der Waals surface area contributed by atoms with Crippen molar-refractivity contribution in [1.82, 2.24) is 4.98 Å². The van der Waals surface area contributed by atoms with Crippen molar-refractivity contribution in [3.05, 3.63) is 24.4 Å². The molecule has 22 heavy (non-hydrogen) atoms. The molecule has 4 nitrogen and oxygen atoms in total. The largest absolute Gasteiger partial charge is 0.493 e. The Morgan fingerprint density at radius 2 is 1.73 bits per heavy atom. The molecule has 1 aromatic heterocycles. The predicted molar refractivity (Wildman–Crippen MR) is 90.0 cm³/mol. The van der Waals surface area contributed by atoms with E-state index in [0.29, 0.717) is 11.8 Å². The number of nitrogens with zero attached hydrogens (tertiary/aromatic N) is 2. The van der Waals surface area contributed by atoms with Gasteiger partial charge in [-0.15, -0.1) is 0 Å². The van der Waals surface area contributed by atoms with Gasteiger partial charge in [0.05, 0.1) is 14.2 Å². The van der Waals surface area contributed by atoms with Crippen LogP contribution in [0.4, 0.5) is 5.82 Å². The zero-order valence-corrected chi connectivity index (χ0v) is 13.8. The maximum absolute atomic E-state index is 5.56. The summed E-state index contributed by atoms with van der Waals surface area (Å²) in [4.78, 5) is 7.07. The number of anilines is 1. The lowest BCUT2D eigenvalue weighted by molar-refractivity contribution is 0.355. The van der Waals surface area contributed by atoms with Gasteiger partial charge >= 0.3 is 0 Å². The van der Waals surface area contributed by atoms with Crippen LogP contribution in [0.3, 0.4) is 0 Å². The number of benzene rings is 1. The van der Waals surface area contributed by atoms with E-state index in [4.69, 9.17) is 9.47 Å². The van der Waals surface area contributed by atoms with Crippen molar-refractivity contribution in [3.8, 4) is 11.5 Å². The second kappa shape index (κ2) is 6.03. The zero-order chi connectivity index (χ0) is 15.7. The molecule has 2 atom stereocenters. The van der Waals surface area contributed by atoms with Crippen LogP contribution in [-0.2, 0) is 0 Å². The van der Waals surface area contributed by atoms with Gasteiger partial charge in [0.1, 0.15) is 5.82 Å². The fraction of sp³-hybridized carbons (Fsp3) is 0.500. The number of hydrogen-bond acceptors (Lipinski definition) is 4. The molecular weight excluding hydrogens is 276 g/mol. The first-order chi connectivity index (χ1) is 10.6. The second-order valence-corrected chi connectivity index (χ2v) is 6.38. The van der Waals surface area contributed by atoms with Crippen LogP contribution in [0, 0.1) is 11.8 Å². The number of ether oxygens (including phenoxy) is 2. The van der Waals surface area contributed by atoms with Crippen molar-refractivity contribution in [2.24, 2.45) is 11.8 Å². The first-order valence-electron chi connectivity index (χ1n) is 7.88. The Bertz CT molecular complexity index is 661. The number of methoxy groups -OCH3 is 2. The summed E-state index contributed by atoms with van der Waals surface area (Å²) >= 11 is 0. The smallest absolute Gasteiger partial charge is 0.168 e. The normalized spacial score (nSPS) is 21.9. The summed E-state index contributed by atoms with van der Waals surface area (Å²) in [6.45, 7) is 6.75. The van der Waals surface area contributed by atoms with Crippen LogP contribution in [0.15, 0.2) is 24.4 Å². The molecule has 0 aliphatic carbocycles. The molecule has 3 rings (SSSR count). The standard InChI is InChI=1S/C18H24N2O2/c1-12-9-13(2)11-20(10-12)18-15-5-6-16(21-3)17(22-4)14(15)7-8-19-18/h5-8,12-13H,9-11H2,1-4H3/t12-,13+. The van der Waals surface area contributed by atoms with Crippen molar-refractivity contribution in [2.45, 2.75) is 20.3 Å². The van der Waals surface area contributed by atoms with Crippen LogP contribution in [0.1, 0.15) is 20.3 Å². The Hall–Kier alpha value is -1.97. The molecule has 1 aliphatic heterocycles. The molecule has 0 radical (unpaired) electrons. The summed E-state index contributed by atoms with van der Waals surface area (Å²) in [5.74, 6) is 3.98. The van der Waals surface area contributed by atoms with Crippen LogP contribution in [-0.4, -0.2) is 32.3 Å². The minimum Gasteiger partial charge on any atom is -0.493 e. The van der Waals surface area contributed by atoms with Gasteiger partial charge in [0.15, 0.2) is 11.5 Å². The Morgan fingerprint density at radius 3 is 2.36 bits per heavy atom. The van der Waals surface area contributed by atoms with Gasteiger partial charge < -0.3 is 14.4 Å². The average molecular weight is 300 g/mol. The summed E-state index contributed by atoms with van der Waals surface area (Å²) in [7, 11) is 3.35. The lowest BCUT2D eigenvalue weighted by Crippen LogP contribution is -2.39. The van der Waals surface area contributed by atoms with E-state index in [9.17, 15) is 0 Å².